The fourth-order valence-corrected chi connectivity index (χ4v) is 1.16. The van der Waals surface area contributed by atoms with Crippen LogP contribution in [0.5, 0.6) is 0 Å². The predicted molar refractivity (Wildman–Crippen MR) is 58.0 cm³/mol. The Bertz CT molecular complexity index is 343. The van der Waals surface area contributed by atoms with Crippen molar-refractivity contribution in [3.05, 3.63) is 34.5 Å². The average molecular weight is 306 g/mol. The van der Waals surface area contributed by atoms with Crippen molar-refractivity contribution in [2.45, 2.75) is 6.61 Å². The van der Waals surface area contributed by atoms with Crippen molar-refractivity contribution < 1.29 is 9.53 Å². The lowest BCUT2D eigenvalue weighted by Crippen LogP contribution is -2.04. The molecule has 0 spiro atoms. The summed E-state index contributed by atoms with van der Waals surface area (Å²) in [5.41, 5.74) is 0.640. The minimum atomic E-state index is -0.863. The second-order valence-electron chi connectivity index (χ2n) is 2.37. The van der Waals surface area contributed by atoms with Crippen LogP contribution in [0.4, 0.5) is 0 Å². The summed E-state index contributed by atoms with van der Waals surface area (Å²) < 4.78 is 5.61. The van der Waals surface area contributed by atoms with Gasteiger partial charge < -0.3 is 4.74 Å². The number of rotatable bonds is 4. The van der Waals surface area contributed by atoms with Crippen LogP contribution in [-0.2, 0) is 11.3 Å². The number of carbonyl (C=O) groups excluding carboxylic acids is 1. The monoisotopic (exact) mass is 306 g/mol. The highest BCUT2D eigenvalue weighted by Crippen LogP contribution is 2.08. The van der Waals surface area contributed by atoms with Crippen LogP contribution in [0.25, 0.3) is 0 Å². The lowest BCUT2D eigenvalue weighted by Gasteiger charge is -2.03. The maximum absolute atomic E-state index is 11.0. The predicted octanol–water partition coefficient (Wildman–Crippen LogP) is 1.90. The van der Waals surface area contributed by atoms with Gasteiger partial charge in [-0.3, -0.25) is 9.78 Å². The van der Waals surface area contributed by atoms with E-state index in [4.69, 9.17) is 4.74 Å². The van der Waals surface area contributed by atoms with Gasteiger partial charge in [0.15, 0.2) is 0 Å². The highest BCUT2D eigenvalue weighted by molar-refractivity contribution is 14.1. The maximum atomic E-state index is 11.0. The summed E-state index contributed by atoms with van der Waals surface area (Å²) in [7, 11) is 0. The van der Waals surface area contributed by atoms with E-state index in [0.29, 0.717) is 10.2 Å². The fraction of sp³-hybridized carbons (Fsp3) is 0.250. The number of ether oxygens (including phenoxy) is 1. The number of amides is 1. The van der Waals surface area contributed by atoms with Crippen molar-refractivity contribution in [1.82, 2.24) is 4.98 Å². The third kappa shape index (κ3) is 2.81. The van der Waals surface area contributed by atoms with E-state index in [1.54, 1.807) is 12.1 Å². The number of aromatic nitrogens is 1. The van der Waals surface area contributed by atoms with Crippen LogP contribution in [0.2, 0.25) is 0 Å². The summed E-state index contributed by atoms with van der Waals surface area (Å²) >= 11 is 2.04. The molecular weight excluding hydrogens is 299 g/mol. The second kappa shape index (κ2) is 5.76. The second-order valence-corrected chi connectivity index (χ2v) is 2.99. The summed E-state index contributed by atoms with van der Waals surface area (Å²) in [5.74, 6) is -0.863. The molecule has 0 bridgehead atoms. The van der Waals surface area contributed by atoms with Crippen LogP contribution in [0.1, 0.15) is 16.1 Å². The number of nitrogens with zero attached hydrogens (tertiary/aromatic N) is 2. The van der Waals surface area contributed by atoms with Crippen LogP contribution in [0.3, 0.4) is 0 Å². The average Bonchev–Trinajstić information content (AvgIpc) is 2.25. The van der Waals surface area contributed by atoms with E-state index >= 15 is 0 Å². The van der Waals surface area contributed by atoms with Crippen molar-refractivity contribution in [1.29, 1.82) is 0 Å². The van der Waals surface area contributed by atoms with Gasteiger partial charge in [0.05, 0.1) is 11.2 Å². The van der Waals surface area contributed by atoms with E-state index in [2.05, 4.69) is 10.2 Å². The van der Waals surface area contributed by atoms with Crippen LogP contribution < -0.4 is 0 Å². The minimum absolute atomic E-state index is 0.0624. The first-order valence-corrected chi connectivity index (χ1v) is 5.27. The molecule has 0 aliphatic rings. The molecule has 0 aromatic carbocycles. The van der Waals surface area contributed by atoms with Crippen molar-refractivity contribution in [2.75, 3.05) is 4.61 Å². The van der Waals surface area contributed by atoms with E-state index in [0.717, 1.165) is 0 Å². The molecule has 1 aromatic heterocycles. The summed E-state index contributed by atoms with van der Waals surface area (Å²) in [6.07, 6.45) is 1.44. The van der Waals surface area contributed by atoms with E-state index < -0.39 is 5.91 Å². The van der Waals surface area contributed by atoms with Crippen LogP contribution in [-0.4, -0.2) is 15.5 Å². The van der Waals surface area contributed by atoms with Crippen molar-refractivity contribution >= 4 is 28.5 Å². The van der Waals surface area contributed by atoms with Crippen LogP contribution in [0.15, 0.2) is 23.5 Å². The Morgan fingerprint density at radius 3 is 3.07 bits per heavy atom. The van der Waals surface area contributed by atoms with E-state index in [-0.39, 0.29) is 12.3 Å². The molecule has 0 fully saturated rings. The van der Waals surface area contributed by atoms with Crippen molar-refractivity contribution in [3.63, 3.8) is 0 Å². The molecule has 1 rings (SSSR count). The molecule has 0 aliphatic heterocycles. The molecule has 0 saturated carbocycles. The molecule has 74 valence electrons. The molecule has 14 heavy (non-hydrogen) atoms. The van der Waals surface area contributed by atoms with Gasteiger partial charge in [-0.1, -0.05) is 28.7 Å². The van der Waals surface area contributed by atoms with Gasteiger partial charge in [0.1, 0.15) is 5.69 Å². The zero-order chi connectivity index (χ0) is 10.4. The van der Waals surface area contributed by atoms with Crippen molar-refractivity contribution in [3.8, 4) is 0 Å². The lowest BCUT2D eigenvalue weighted by molar-refractivity contribution is 0.0990. The van der Waals surface area contributed by atoms with Crippen molar-refractivity contribution in [2.24, 2.45) is 5.18 Å². The smallest absolute Gasteiger partial charge is 0.335 e. The molecule has 1 aromatic rings. The molecule has 0 radical (unpaired) electrons. The quantitative estimate of drug-likeness (QED) is 0.484. The molecule has 0 N–H and O–H groups in total. The number of alkyl halides is 1. The summed E-state index contributed by atoms with van der Waals surface area (Å²) in [4.78, 5) is 24.8. The van der Waals surface area contributed by atoms with Gasteiger partial charge >= 0.3 is 5.91 Å². The first-order valence-electron chi connectivity index (χ1n) is 3.75. The molecule has 0 atom stereocenters. The summed E-state index contributed by atoms with van der Waals surface area (Å²) in [6, 6.07) is 3.35. The number of pyridine rings is 1. The lowest BCUT2D eigenvalue weighted by atomic mass is 10.2. The van der Waals surface area contributed by atoms with Crippen LogP contribution >= 0.6 is 22.6 Å². The molecule has 0 aliphatic carbocycles. The highest BCUT2D eigenvalue weighted by Gasteiger charge is 2.12. The molecular formula is C8H7IN2O3. The van der Waals surface area contributed by atoms with Gasteiger partial charge in [-0.2, -0.15) is 0 Å². The Balaban J connectivity index is 2.90. The van der Waals surface area contributed by atoms with Gasteiger partial charge in [-0.25, -0.2) is 0 Å². The number of hydrogen-bond acceptors (Lipinski definition) is 4. The van der Waals surface area contributed by atoms with Gasteiger partial charge in [-0.15, -0.1) is 4.91 Å². The largest absolute Gasteiger partial charge is 0.366 e. The van der Waals surface area contributed by atoms with Crippen LogP contribution in [0, 0.1) is 4.91 Å². The molecule has 1 amide bonds. The van der Waals surface area contributed by atoms with Gasteiger partial charge in [-0.05, 0) is 6.07 Å². The molecule has 6 heteroatoms. The highest BCUT2D eigenvalue weighted by atomic mass is 127. The normalized spacial score (nSPS) is 9.79. The summed E-state index contributed by atoms with van der Waals surface area (Å²) in [6.45, 7) is 0.257. The molecule has 0 saturated heterocycles. The molecule has 1 heterocycles. The van der Waals surface area contributed by atoms with E-state index in [1.807, 2.05) is 22.6 Å². The minimum Gasteiger partial charge on any atom is -0.366 e. The number of hydrogen-bond donors (Lipinski definition) is 0. The number of halogens is 1. The fourth-order valence-electron chi connectivity index (χ4n) is 0.939. The van der Waals surface area contributed by atoms with Gasteiger partial charge in [0, 0.05) is 16.9 Å². The maximum Gasteiger partial charge on any atom is 0.335 e. The first-order chi connectivity index (χ1) is 6.79. The molecule has 5 nitrogen and oxygen atoms in total. The molecule has 0 unspecified atom stereocenters. The Hall–Kier alpha value is -0.890. The topological polar surface area (TPSA) is 68.6 Å². The van der Waals surface area contributed by atoms with Gasteiger partial charge in [0.25, 0.3) is 0 Å². The zero-order valence-electron chi connectivity index (χ0n) is 7.14. The van der Waals surface area contributed by atoms with E-state index in [9.17, 15) is 9.70 Å². The van der Waals surface area contributed by atoms with E-state index in [1.165, 1.54) is 6.20 Å². The number of carbonyl (C=O) groups is 1. The Morgan fingerprint density at radius 1 is 1.64 bits per heavy atom. The Kier molecular flexibility index (Phi) is 4.60. The third-order valence-electron chi connectivity index (χ3n) is 1.51. The Morgan fingerprint density at radius 2 is 2.43 bits per heavy atom. The first kappa shape index (κ1) is 11.2. The SMILES string of the molecule is O=NC(=O)c1ncccc1COCI. The van der Waals surface area contributed by atoms with Gasteiger partial charge in [0.2, 0.25) is 0 Å². The zero-order valence-corrected chi connectivity index (χ0v) is 9.30. The third-order valence-corrected chi connectivity index (χ3v) is 1.95. The summed E-state index contributed by atoms with van der Waals surface area (Å²) in [5, 5.41) is 2.32. The standard InChI is InChI=1S/C8H7IN2O3/c9-5-14-4-6-2-1-3-10-7(6)8(12)11-13/h1-3H,4-5H2. The number of nitroso groups, excluding NO2 is 1. The Labute approximate surface area is 94.0 Å².